The van der Waals surface area contributed by atoms with Gasteiger partial charge in [0.25, 0.3) is 0 Å². The molecule has 0 saturated heterocycles. The minimum atomic E-state index is -1.20. The fourth-order valence-electron chi connectivity index (χ4n) is 1.37. The van der Waals surface area contributed by atoms with Crippen molar-refractivity contribution in [2.24, 2.45) is 0 Å². The maximum atomic E-state index is 13.3. The maximum Gasteiger partial charge on any atom is 0.166 e. The SMILES string of the molecule is Fc1[c]cc(F)c(-c2cccc(F)c2F)c1. The van der Waals surface area contributed by atoms with Crippen molar-refractivity contribution in [1.82, 2.24) is 0 Å². The van der Waals surface area contributed by atoms with Crippen LogP contribution in [-0.2, 0) is 0 Å². The number of hydrogen-bond donors (Lipinski definition) is 0. The van der Waals surface area contributed by atoms with E-state index in [4.69, 9.17) is 0 Å². The molecule has 0 unspecified atom stereocenters. The van der Waals surface area contributed by atoms with Crippen LogP contribution in [0.3, 0.4) is 0 Å². The summed E-state index contributed by atoms with van der Waals surface area (Å²) in [6, 6.07) is 6.81. The molecule has 0 aromatic heterocycles. The van der Waals surface area contributed by atoms with Gasteiger partial charge in [0.05, 0.1) is 0 Å². The molecule has 0 aliphatic carbocycles. The van der Waals surface area contributed by atoms with Crippen molar-refractivity contribution in [1.29, 1.82) is 0 Å². The van der Waals surface area contributed by atoms with E-state index in [1.165, 1.54) is 12.1 Å². The summed E-state index contributed by atoms with van der Waals surface area (Å²) in [4.78, 5) is 0. The molecule has 81 valence electrons. The lowest BCUT2D eigenvalue weighted by molar-refractivity contribution is 0.510. The van der Waals surface area contributed by atoms with Gasteiger partial charge in [-0.1, -0.05) is 12.1 Å². The van der Waals surface area contributed by atoms with Crippen LogP contribution >= 0.6 is 0 Å². The molecule has 0 aliphatic rings. The molecular weight excluding hydrogens is 220 g/mol. The summed E-state index contributed by atoms with van der Waals surface area (Å²) in [5.41, 5.74) is -0.640. The highest BCUT2D eigenvalue weighted by Crippen LogP contribution is 2.27. The van der Waals surface area contributed by atoms with Crippen molar-refractivity contribution in [3.05, 3.63) is 59.7 Å². The van der Waals surface area contributed by atoms with Gasteiger partial charge in [0.15, 0.2) is 11.6 Å². The zero-order valence-electron chi connectivity index (χ0n) is 7.90. The molecular formula is C12H5F4. The molecule has 0 atom stereocenters. The molecule has 0 heterocycles. The van der Waals surface area contributed by atoms with E-state index in [-0.39, 0.29) is 11.1 Å². The second-order valence-electron chi connectivity index (χ2n) is 3.14. The average Bonchev–Trinajstić information content (AvgIpc) is 2.26. The molecule has 2 aromatic carbocycles. The van der Waals surface area contributed by atoms with Crippen molar-refractivity contribution < 1.29 is 17.6 Å². The number of halogens is 4. The maximum absolute atomic E-state index is 13.3. The Kier molecular flexibility index (Phi) is 2.64. The monoisotopic (exact) mass is 225 g/mol. The first-order valence-corrected chi connectivity index (χ1v) is 4.40. The quantitative estimate of drug-likeness (QED) is 0.649. The molecule has 2 aromatic rings. The van der Waals surface area contributed by atoms with E-state index in [1.54, 1.807) is 0 Å². The van der Waals surface area contributed by atoms with Gasteiger partial charge in [0, 0.05) is 17.2 Å². The highest BCUT2D eigenvalue weighted by molar-refractivity contribution is 5.64. The van der Waals surface area contributed by atoms with Gasteiger partial charge in [-0.25, -0.2) is 17.6 Å². The Morgan fingerprint density at radius 1 is 0.875 bits per heavy atom. The number of hydrogen-bond acceptors (Lipinski definition) is 0. The Morgan fingerprint density at radius 2 is 1.62 bits per heavy atom. The summed E-state index contributed by atoms with van der Waals surface area (Å²) in [5, 5.41) is 0. The zero-order chi connectivity index (χ0) is 11.7. The Balaban J connectivity index is 2.67. The molecule has 0 N–H and O–H groups in total. The molecule has 0 nitrogen and oxygen atoms in total. The van der Waals surface area contributed by atoms with Crippen LogP contribution in [0.2, 0.25) is 0 Å². The van der Waals surface area contributed by atoms with Crippen LogP contribution in [0.1, 0.15) is 0 Å². The van der Waals surface area contributed by atoms with Gasteiger partial charge in [0.1, 0.15) is 11.6 Å². The molecule has 2 rings (SSSR count). The van der Waals surface area contributed by atoms with Crippen molar-refractivity contribution in [2.45, 2.75) is 0 Å². The molecule has 0 amide bonds. The van der Waals surface area contributed by atoms with Crippen LogP contribution in [0.25, 0.3) is 11.1 Å². The number of rotatable bonds is 1. The van der Waals surface area contributed by atoms with Crippen LogP contribution in [0.5, 0.6) is 0 Å². The average molecular weight is 225 g/mol. The van der Waals surface area contributed by atoms with Gasteiger partial charge in [-0.05, 0) is 18.2 Å². The lowest BCUT2D eigenvalue weighted by atomic mass is 10.0. The smallest absolute Gasteiger partial charge is 0.166 e. The third kappa shape index (κ3) is 1.78. The zero-order valence-corrected chi connectivity index (χ0v) is 7.90. The fraction of sp³-hybridized carbons (Fsp3) is 0. The Morgan fingerprint density at radius 3 is 2.38 bits per heavy atom. The van der Waals surface area contributed by atoms with Crippen LogP contribution in [0.15, 0.2) is 30.3 Å². The molecule has 0 aliphatic heterocycles. The first-order valence-electron chi connectivity index (χ1n) is 4.40. The van der Waals surface area contributed by atoms with Crippen molar-refractivity contribution in [3.63, 3.8) is 0 Å². The van der Waals surface area contributed by atoms with E-state index in [1.807, 2.05) is 6.07 Å². The first kappa shape index (κ1) is 10.7. The predicted octanol–water partition coefficient (Wildman–Crippen LogP) is 3.71. The highest BCUT2D eigenvalue weighted by Gasteiger charge is 2.13. The second kappa shape index (κ2) is 3.96. The summed E-state index contributed by atoms with van der Waals surface area (Å²) in [7, 11) is 0. The van der Waals surface area contributed by atoms with Gasteiger partial charge in [-0.3, -0.25) is 0 Å². The van der Waals surface area contributed by atoms with Gasteiger partial charge in [-0.15, -0.1) is 0 Å². The van der Waals surface area contributed by atoms with Gasteiger partial charge in [0.2, 0.25) is 0 Å². The minimum absolute atomic E-state index is 0.314. The van der Waals surface area contributed by atoms with Gasteiger partial charge in [-0.2, -0.15) is 0 Å². The molecule has 0 fully saturated rings. The topological polar surface area (TPSA) is 0 Å². The lowest BCUT2D eigenvalue weighted by Gasteiger charge is -2.05. The predicted molar refractivity (Wildman–Crippen MR) is 50.5 cm³/mol. The molecule has 4 heteroatoms. The van der Waals surface area contributed by atoms with Crippen molar-refractivity contribution in [3.8, 4) is 11.1 Å². The highest BCUT2D eigenvalue weighted by atomic mass is 19.2. The summed E-state index contributed by atoms with van der Waals surface area (Å²) >= 11 is 0. The molecule has 0 bridgehead atoms. The molecule has 0 spiro atoms. The van der Waals surface area contributed by atoms with E-state index in [9.17, 15) is 17.6 Å². The van der Waals surface area contributed by atoms with E-state index in [2.05, 4.69) is 0 Å². The standard InChI is InChI=1S/C12H5F4/c13-7-4-5-10(14)9(6-7)8-2-1-3-11(15)12(8)16/h1-3,5-6H. The van der Waals surface area contributed by atoms with E-state index >= 15 is 0 Å². The summed E-state index contributed by atoms with van der Waals surface area (Å²) in [6.07, 6.45) is 0. The van der Waals surface area contributed by atoms with Crippen LogP contribution in [0, 0.1) is 29.3 Å². The van der Waals surface area contributed by atoms with Crippen molar-refractivity contribution >= 4 is 0 Å². The Bertz CT molecular complexity index is 535. The lowest BCUT2D eigenvalue weighted by Crippen LogP contribution is -1.93. The third-order valence-corrected chi connectivity index (χ3v) is 2.11. The van der Waals surface area contributed by atoms with Gasteiger partial charge >= 0.3 is 0 Å². The summed E-state index contributed by atoms with van der Waals surface area (Å²) in [6.45, 7) is 0. The fourth-order valence-corrected chi connectivity index (χ4v) is 1.37. The second-order valence-corrected chi connectivity index (χ2v) is 3.14. The van der Waals surface area contributed by atoms with E-state index in [0.29, 0.717) is 0 Å². The summed E-state index contributed by atoms with van der Waals surface area (Å²) in [5.74, 6) is -4.00. The molecule has 1 radical (unpaired) electrons. The van der Waals surface area contributed by atoms with Crippen molar-refractivity contribution in [2.75, 3.05) is 0 Å². The Labute approximate surface area is 89.2 Å². The molecule has 16 heavy (non-hydrogen) atoms. The van der Waals surface area contributed by atoms with Crippen LogP contribution < -0.4 is 0 Å². The van der Waals surface area contributed by atoms with Gasteiger partial charge < -0.3 is 0 Å². The largest absolute Gasteiger partial charge is 0.206 e. The first-order chi connectivity index (χ1) is 7.59. The third-order valence-electron chi connectivity index (χ3n) is 2.11. The normalized spacial score (nSPS) is 10.5. The number of benzene rings is 2. The minimum Gasteiger partial charge on any atom is -0.206 e. The Hall–Kier alpha value is -1.84. The van der Waals surface area contributed by atoms with E-state index in [0.717, 1.165) is 18.2 Å². The van der Waals surface area contributed by atoms with E-state index < -0.39 is 23.3 Å². The van der Waals surface area contributed by atoms with Crippen LogP contribution in [0.4, 0.5) is 17.6 Å². The summed E-state index contributed by atoms with van der Waals surface area (Å²) < 4.78 is 52.3. The molecule has 0 saturated carbocycles. The van der Waals surface area contributed by atoms with Crippen LogP contribution in [-0.4, -0.2) is 0 Å².